The number of nitrogens with one attached hydrogen (secondary N) is 3. The van der Waals surface area contributed by atoms with Crippen molar-refractivity contribution in [3.8, 4) is 0 Å². The van der Waals surface area contributed by atoms with Crippen LogP contribution < -0.4 is 16.0 Å². The van der Waals surface area contributed by atoms with Crippen molar-refractivity contribution in [2.24, 2.45) is 0 Å². The lowest BCUT2D eigenvalue weighted by Crippen LogP contribution is -2.36. The number of hydrogen-bond acceptors (Lipinski definition) is 7. The number of hydrogen-bond donors (Lipinski definition) is 3. The van der Waals surface area contributed by atoms with Gasteiger partial charge in [0.1, 0.15) is 11.6 Å². The van der Waals surface area contributed by atoms with Gasteiger partial charge < -0.3 is 15.4 Å². The Kier molecular flexibility index (Phi) is 8.26. The van der Waals surface area contributed by atoms with Gasteiger partial charge >= 0.3 is 6.09 Å². The van der Waals surface area contributed by atoms with Gasteiger partial charge in [0.25, 0.3) is 0 Å². The Morgan fingerprint density at radius 3 is 2.81 bits per heavy atom. The van der Waals surface area contributed by atoms with E-state index in [9.17, 15) is 9.59 Å². The second-order valence-electron chi connectivity index (χ2n) is 5.16. The summed E-state index contributed by atoms with van der Waals surface area (Å²) >= 11 is 7.33. The van der Waals surface area contributed by atoms with Crippen LogP contribution in [-0.2, 0) is 22.5 Å². The zero-order valence-corrected chi connectivity index (χ0v) is 15.8. The number of carbonyl (C=O) groups is 2. The fourth-order valence-corrected chi connectivity index (χ4v) is 2.79. The summed E-state index contributed by atoms with van der Waals surface area (Å²) in [5.41, 5.74) is 0.921. The minimum atomic E-state index is -0.630. The third kappa shape index (κ3) is 6.95. The smallest absolute Gasteiger partial charge is 0.413 e. The fourth-order valence-electron chi connectivity index (χ4n) is 1.92. The summed E-state index contributed by atoms with van der Waals surface area (Å²) in [6, 6.07) is 7.42. The molecule has 0 spiro atoms. The molecular weight excluding hydrogens is 378 g/mol. The fraction of sp³-hybridized carbons (Fsp3) is 0.375. The molecule has 2 amide bonds. The molecule has 1 heterocycles. The lowest BCUT2D eigenvalue weighted by atomic mass is 10.2. The molecule has 2 aromatic rings. The number of carbonyl (C=O) groups excluding carboxylic acids is 2. The molecule has 0 aliphatic rings. The van der Waals surface area contributed by atoms with Crippen molar-refractivity contribution in [1.82, 2.24) is 20.8 Å². The van der Waals surface area contributed by atoms with E-state index in [0.29, 0.717) is 16.7 Å². The molecule has 0 radical (unpaired) electrons. The Hall–Kier alpha value is -2.23. The Labute approximate surface area is 160 Å². The van der Waals surface area contributed by atoms with Crippen LogP contribution in [-0.4, -0.2) is 41.9 Å². The number of benzene rings is 1. The summed E-state index contributed by atoms with van der Waals surface area (Å²) in [7, 11) is 0. The van der Waals surface area contributed by atoms with E-state index in [4.69, 9.17) is 16.3 Å². The Balaban J connectivity index is 1.55. The third-order valence-corrected chi connectivity index (χ3v) is 4.55. The summed E-state index contributed by atoms with van der Waals surface area (Å²) in [6.07, 6.45) is 0.125. The quantitative estimate of drug-likeness (QED) is 0.560. The molecule has 0 aliphatic carbocycles. The van der Waals surface area contributed by atoms with Crippen LogP contribution in [0.4, 0.5) is 9.93 Å². The Morgan fingerprint density at radius 1 is 1.27 bits per heavy atom. The van der Waals surface area contributed by atoms with E-state index in [1.54, 1.807) is 6.07 Å². The van der Waals surface area contributed by atoms with Crippen LogP contribution in [0.25, 0.3) is 0 Å². The number of anilines is 1. The first kappa shape index (κ1) is 20.1. The number of ether oxygens (including phenoxy) is 1. The number of amides is 2. The van der Waals surface area contributed by atoms with Crippen molar-refractivity contribution in [2.75, 3.05) is 25.0 Å². The molecule has 0 atom stereocenters. The molecule has 3 N–H and O–H groups in total. The molecule has 26 heavy (non-hydrogen) atoms. The third-order valence-electron chi connectivity index (χ3n) is 3.19. The molecule has 0 saturated carbocycles. The van der Waals surface area contributed by atoms with Crippen molar-refractivity contribution in [3.05, 3.63) is 39.9 Å². The maximum Gasteiger partial charge on any atom is 0.413 e. The molecule has 1 aromatic heterocycles. The number of aromatic nitrogens is 2. The molecule has 140 valence electrons. The highest BCUT2D eigenvalue weighted by molar-refractivity contribution is 7.15. The van der Waals surface area contributed by atoms with E-state index < -0.39 is 6.09 Å². The highest BCUT2D eigenvalue weighted by atomic mass is 35.5. The van der Waals surface area contributed by atoms with E-state index in [1.807, 2.05) is 25.1 Å². The van der Waals surface area contributed by atoms with E-state index >= 15 is 0 Å². The molecule has 0 saturated heterocycles. The summed E-state index contributed by atoms with van der Waals surface area (Å²) < 4.78 is 4.97. The van der Waals surface area contributed by atoms with Gasteiger partial charge in [0.2, 0.25) is 11.0 Å². The van der Waals surface area contributed by atoms with Crippen LogP contribution in [0.15, 0.2) is 24.3 Å². The molecule has 8 nitrogen and oxygen atoms in total. The van der Waals surface area contributed by atoms with Gasteiger partial charge in [0, 0.05) is 11.6 Å². The lowest BCUT2D eigenvalue weighted by molar-refractivity contribution is -0.120. The summed E-state index contributed by atoms with van der Waals surface area (Å²) in [6.45, 7) is 2.86. The number of nitrogens with zero attached hydrogens (tertiary/aromatic N) is 2. The van der Waals surface area contributed by atoms with E-state index in [2.05, 4.69) is 26.1 Å². The summed E-state index contributed by atoms with van der Waals surface area (Å²) in [5, 5.41) is 17.7. The van der Waals surface area contributed by atoms with E-state index in [0.717, 1.165) is 17.0 Å². The largest absolute Gasteiger partial charge is 0.447 e. The van der Waals surface area contributed by atoms with Crippen molar-refractivity contribution in [1.29, 1.82) is 0 Å². The first-order chi connectivity index (χ1) is 12.6. The summed E-state index contributed by atoms with van der Waals surface area (Å²) in [4.78, 5) is 23.3. The monoisotopic (exact) mass is 397 g/mol. The molecular formula is C16H20ClN5O3S. The molecule has 2 rings (SSSR count). The van der Waals surface area contributed by atoms with Crippen LogP contribution in [0, 0.1) is 0 Å². The second kappa shape index (κ2) is 10.7. The predicted octanol–water partition coefficient (Wildman–Crippen LogP) is 2.21. The highest BCUT2D eigenvalue weighted by Gasteiger charge is 2.08. The van der Waals surface area contributed by atoms with E-state index in [1.165, 1.54) is 11.3 Å². The topological polar surface area (TPSA) is 105 Å². The predicted molar refractivity (Wildman–Crippen MR) is 100 cm³/mol. The average Bonchev–Trinajstić information content (AvgIpc) is 3.08. The zero-order valence-electron chi connectivity index (χ0n) is 14.3. The van der Waals surface area contributed by atoms with Crippen molar-refractivity contribution >= 4 is 40.1 Å². The Morgan fingerprint density at radius 2 is 2.08 bits per heavy atom. The Bertz CT molecular complexity index is 740. The minimum absolute atomic E-state index is 0.0571. The molecule has 1 aromatic carbocycles. The normalized spacial score (nSPS) is 10.4. The van der Waals surface area contributed by atoms with Gasteiger partial charge in [-0.2, -0.15) is 0 Å². The average molecular weight is 398 g/mol. The molecule has 0 unspecified atom stereocenters. The van der Waals surface area contributed by atoms with Gasteiger partial charge in [-0.15, -0.1) is 10.2 Å². The van der Waals surface area contributed by atoms with Crippen molar-refractivity contribution in [3.63, 3.8) is 0 Å². The standard InChI is InChI=1S/C16H20ClN5O3S/c1-2-14-21-22-15(26-14)20-16(24)25-8-7-19-13(23)10-18-9-11-5-3-4-6-12(11)17/h3-6,18H,2,7-10H2,1H3,(H,19,23)(H,20,22,24). The summed E-state index contributed by atoms with van der Waals surface area (Å²) in [5.74, 6) is -0.197. The SMILES string of the molecule is CCc1nnc(NC(=O)OCCNC(=O)CNCc2ccccc2Cl)s1. The first-order valence-electron chi connectivity index (χ1n) is 8.05. The number of rotatable bonds is 9. The van der Waals surface area contributed by atoms with Crippen LogP contribution in [0.2, 0.25) is 5.02 Å². The van der Waals surface area contributed by atoms with Gasteiger partial charge in [-0.3, -0.25) is 10.1 Å². The molecule has 10 heteroatoms. The highest BCUT2D eigenvalue weighted by Crippen LogP contribution is 2.15. The molecule has 0 fully saturated rings. The van der Waals surface area contributed by atoms with Crippen LogP contribution in [0.5, 0.6) is 0 Å². The van der Waals surface area contributed by atoms with Gasteiger partial charge in [0.15, 0.2) is 0 Å². The van der Waals surface area contributed by atoms with Gasteiger partial charge in [-0.25, -0.2) is 4.79 Å². The van der Waals surface area contributed by atoms with E-state index in [-0.39, 0.29) is 25.6 Å². The number of halogens is 1. The maximum atomic E-state index is 11.7. The van der Waals surface area contributed by atoms with Gasteiger partial charge in [-0.1, -0.05) is 48.1 Å². The minimum Gasteiger partial charge on any atom is -0.447 e. The van der Waals surface area contributed by atoms with Crippen molar-refractivity contribution < 1.29 is 14.3 Å². The lowest BCUT2D eigenvalue weighted by Gasteiger charge is -2.08. The van der Waals surface area contributed by atoms with Crippen molar-refractivity contribution in [2.45, 2.75) is 19.9 Å². The van der Waals surface area contributed by atoms with Gasteiger partial charge in [-0.05, 0) is 18.1 Å². The number of aryl methyl sites for hydroxylation is 1. The van der Waals surface area contributed by atoms with Crippen LogP contribution >= 0.6 is 22.9 Å². The second-order valence-corrected chi connectivity index (χ2v) is 6.63. The van der Waals surface area contributed by atoms with Gasteiger partial charge in [0.05, 0.1) is 13.1 Å². The molecule has 0 aliphatic heterocycles. The van der Waals surface area contributed by atoms with Crippen LogP contribution in [0.3, 0.4) is 0 Å². The molecule has 0 bridgehead atoms. The first-order valence-corrected chi connectivity index (χ1v) is 9.25. The maximum absolute atomic E-state index is 11.7. The van der Waals surface area contributed by atoms with Crippen LogP contribution in [0.1, 0.15) is 17.5 Å². The zero-order chi connectivity index (χ0) is 18.8.